The Hall–Kier alpha value is -6.12. The van der Waals surface area contributed by atoms with Gasteiger partial charge in [-0.3, -0.25) is 0 Å². The monoisotopic (exact) mass is 627 g/mol. The molecule has 1 aliphatic rings. The van der Waals surface area contributed by atoms with E-state index in [1.807, 2.05) is 0 Å². The van der Waals surface area contributed by atoms with Crippen molar-refractivity contribution >= 4 is 60.5 Å². The predicted octanol–water partition coefficient (Wildman–Crippen LogP) is 13.3. The summed E-state index contributed by atoms with van der Waals surface area (Å²) in [7, 11) is 0. The van der Waals surface area contributed by atoms with Crippen LogP contribution in [0.3, 0.4) is 0 Å². The number of benzene rings is 8. The molecule has 0 saturated heterocycles. The third-order valence-corrected chi connectivity index (χ3v) is 10.6. The topological polar surface area (TPSA) is 16.4 Å². The molecule has 0 fully saturated rings. The standard InChI is InChI=1S/C47H33NO/c1-47(2)41-19-11-10-18-38(41)39-23-22-37(29-42(39)47)48(36-21-20-31-14-6-7-15-32(31)24-36)43-26-35(30-12-4-3-5-13-30)28-45-46(43)40-25-33-16-8-9-17-34(33)27-44(40)49-45/h3-29H,1-2H3. The Kier molecular flexibility index (Phi) is 5.95. The van der Waals surface area contributed by atoms with Crippen LogP contribution in [-0.2, 0) is 5.41 Å². The first-order valence-corrected chi connectivity index (χ1v) is 17.0. The molecule has 10 rings (SSSR count). The zero-order valence-corrected chi connectivity index (χ0v) is 27.4. The molecule has 0 saturated carbocycles. The Bertz CT molecular complexity index is 2750. The van der Waals surface area contributed by atoms with Gasteiger partial charge in [-0.25, -0.2) is 0 Å². The number of hydrogen-bond donors (Lipinski definition) is 0. The first-order valence-electron chi connectivity index (χ1n) is 17.0. The fraction of sp³-hybridized carbons (Fsp3) is 0.0638. The molecule has 9 aromatic rings. The van der Waals surface area contributed by atoms with Crippen LogP contribution in [0.15, 0.2) is 168 Å². The molecule has 0 amide bonds. The Morgan fingerprint density at radius 3 is 1.90 bits per heavy atom. The maximum Gasteiger partial charge on any atom is 0.138 e. The Labute approximate surface area is 285 Å². The Morgan fingerprint density at radius 1 is 0.449 bits per heavy atom. The van der Waals surface area contributed by atoms with Gasteiger partial charge in [0, 0.05) is 22.2 Å². The van der Waals surface area contributed by atoms with Gasteiger partial charge in [0.15, 0.2) is 0 Å². The number of nitrogens with zero attached hydrogens (tertiary/aromatic N) is 1. The summed E-state index contributed by atoms with van der Waals surface area (Å²) in [6.45, 7) is 4.70. The summed E-state index contributed by atoms with van der Waals surface area (Å²) in [6, 6.07) is 59.5. The maximum absolute atomic E-state index is 6.78. The van der Waals surface area contributed by atoms with Crippen LogP contribution in [0, 0.1) is 0 Å². The smallest absolute Gasteiger partial charge is 0.138 e. The molecule has 0 bridgehead atoms. The van der Waals surface area contributed by atoms with E-state index in [-0.39, 0.29) is 5.41 Å². The van der Waals surface area contributed by atoms with Gasteiger partial charge in [0.2, 0.25) is 0 Å². The van der Waals surface area contributed by atoms with Crippen LogP contribution in [-0.4, -0.2) is 0 Å². The van der Waals surface area contributed by atoms with Gasteiger partial charge in [0.1, 0.15) is 11.2 Å². The fourth-order valence-corrected chi connectivity index (χ4v) is 8.12. The second-order valence-electron chi connectivity index (χ2n) is 13.8. The molecule has 0 spiro atoms. The maximum atomic E-state index is 6.78. The third-order valence-electron chi connectivity index (χ3n) is 10.6. The van der Waals surface area contributed by atoms with Crippen LogP contribution in [0.4, 0.5) is 17.1 Å². The molecular weight excluding hydrogens is 595 g/mol. The first-order chi connectivity index (χ1) is 24.0. The van der Waals surface area contributed by atoms with Crippen LogP contribution < -0.4 is 4.90 Å². The molecule has 0 radical (unpaired) electrons. The van der Waals surface area contributed by atoms with E-state index >= 15 is 0 Å². The number of rotatable bonds is 4. The number of fused-ring (bicyclic) bond motifs is 8. The highest BCUT2D eigenvalue weighted by Crippen LogP contribution is 2.52. The highest BCUT2D eigenvalue weighted by molar-refractivity contribution is 6.17. The fourth-order valence-electron chi connectivity index (χ4n) is 8.12. The summed E-state index contributed by atoms with van der Waals surface area (Å²) in [4.78, 5) is 2.45. The van der Waals surface area contributed by atoms with E-state index in [1.165, 1.54) is 43.8 Å². The molecule has 1 aromatic heterocycles. The van der Waals surface area contributed by atoms with Gasteiger partial charge >= 0.3 is 0 Å². The minimum absolute atomic E-state index is 0.126. The number of hydrogen-bond acceptors (Lipinski definition) is 2. The van der Waals surface area contributed by atoms with E-state index in [2.05, 4.69) is 183 Å². The first kappa shape index (κ1) is 27.9. The van der Waals surface area contributed by atoms with Crippen LogP contribution in [0.1, 0.15) is 25.0 Å². The van der Waals surface area contributed by atoms with Crippen LogP contribution in [0.25, 0.3) is 65.7 Å². The molecule has 0 N–H and O–H groups in total. The second-order valence-corrected chi connectivity index (χ2v) is 13.8. The molecule has 2 nitrogen and oxygen atoms in total. The average Bonchev–Trinajstić information content (AvgIpc) is 3.62. The van der Waals surface area contributed by atoms with E-state index in [0.717, 1.165) is 50.1 Å². The quantitative estimate of drug-likeness (QED) is 0.193. The lowest BCUT2D eigenvalue weighted by Crippen LogP contribution is -2.16. The SMILES string of the molecule is CC1(C)c2ccccc2-c2ccc(N(c3ccc4ccccc4c3)c3cc(-c4ccccc4)cc4oc5cc6ccccc6cc5c34)cc21. The third kappa shape index (κ3) is 4.27. The molecule has 0 atom stereocenters. The van der Waals surface area contributed by atoms with Crippen molar-refractivity contribution in [1.29, 1.82) is 0 Å². The molecule has 2 heteroatoms. The van der Waals surface area contributed by atoms with Crippen molar-refractivity contribution in [2.24, 2.45) is 0 Å². The highest BCUT2D eigenvalue weighted by Gasteiger charge is 2.36. The van der Waals surface area contributed by atoms with Gasteiger partial charge in [0.05, 0.1) is 11.1 Å². The zero-order valence-electron chi connectivity index (χ0n) is 27.4. The van der Waals surface area contributed by atoms with Crippen molar-refractivity contribution in [3.8, 4) is 22.3 Å². The summed E-state index contributed by atoms with van der Waals surface area (Å²) in [5.41, 5.74) is 12.6. The van der Waals surface area contributed by atoms with Crippen LogP contribution in [0.2, 0.25) is 0 Å². The molecule has 8 aromatic carbocycles. The number of anilines is 3. The summed E-state index contributed by atoms with van der Waals surface area (Å²) >= 11 is 0. The van der Waals surface area contributed by atoms with Crippen molar-refractivity contribution in [2.75, 3.05) is 4.90 Å². The van der Waals surface area contributed by atoms with Gasteiger partial charge in [-0.05, 0) is 103 Å². The second kappa shape index (κ2) is 10.4. The van der Waals surface area contributed by atoms with E-state index in [1.54, 1.807) is 0 Å². The van der Waals surface area contributed by atoms with Crippen LogP contribution >= 0.6 is 0 Å². The van der Waals surface area contributed by atoms with Crippen molar-refractivity contribution in [2.45, 2.75) is 19.3 Å². The Morgan fingerprint density at radius 2 is 1.08 bits per heavy atom. The average molecular weight is 628 g/mol. The summed E-state index contributed by atoms with van der Waals surface area (Å²) in [5, 5.41) is 7.02. The van der Waals surface area contributed by atoms with Gasteiger partial charge in [0.25, 0.3) is 0 Å². The highest BCUT2D eigenvalue weighted by atomic mass is 16.3. The molecule has 0 aliphatic heterocycles. The minimum Gasteiger partial charge on any atom is -0.456 e. The van der Waals surface area contributed by atoms with Gasteiger partial charge in [-0.2, -0.15) is 0 Å². The van der Waals surface area contributed by atoms with E-state index in [9.17, 15) is 0 Å². The van der Waals surface area contributed by atoms with Gasteiger partial charge in [-0.15, -0.1) is 0 Å². The van der Waals surface area contributed by atoms with E-state index in [4.69, 9.17) is 4.42 Å². The van der Waals surface area contributed by atoms with Gasteiger partial charge in [-0.1, -0.05) is 129 Å². The van der Waals surface area contributed by atoms with Gasteiger partial charge < -0.3 is 9.32 Å². The van der Waals surface area contributed by atoms with Crippen molar-refractivity contribution in [3.05, 3.63) is 175 Å². The summed E-state index contributed by atoms with van der Waals surface area (Å²) in [5.74, 6) is 0. The van der Waals surface area contributed by atoms with Crippen molar-refractivity contribution in [3.63, 3.8) is 0 Å². The number of furan rings is 1. The van der Waals surface area contributed by atoms with Crippen molar-refractivity contribution < 1.29 is 4.42 Å². The summed E-state index contributed by atoms with van der Waals surface area (Å²) < 4.78 is 6.78. The lowest BCUT2D eigenvalue weighted by molar-refractivity contribution is 0.660. The predicted molar refractivity (Wildman–Crippen MR) is 206 cm³/mol. The van der Waals surface area contributed by atoms with Crippen LogP contribution in [0.5, 0.6) is 0 Å². The largest absolute Gasteiger partial charge is 0.456 e. The zero-order chi connectivity index (χ0) is 32.7. The molecule has 1 aliphatic carbocycles. The Balaban J connectivity index is 1.31. The van der Waals surface area contributed by atoms with Crippen molar-refractivity contribution in [1.82, 2.24) is 0 Å². The summed E-state index contributed by atoms with van der Waals surface area (Å²) in [6.07, 6.45) is 0. The molecule has 0 unspecified atom stereocenters. The normalized spacial score (nSPS) is 13.3. The van der Waals surface area contributed by atoms with E-state index in [0.29, 0.717) is 0 Å². The lowest BCUT2D eigenvalue weighted by atomic mass is 9.82. The molecular formula is C47H33NO. The molecule has 232 valence electrons. The lowest BCUT2D eigenvalue weighted by Gasteiger charge is -2.29. The minimum atomic E-state index is -0.126. The van der Waals surface area contributed by atoms with E-state index < -0.39 is 0 Å². The molecule has 49 heavy (non-hydrogen) atoms. The molecule has 1 heterocycles.